The summed E-state index contributed by atoms with van der Waals surface area (Å²) < 4.78 is 12.4. The smallest absolute Gasteiger partial charge is 0.274 e. The number of piperidine rings is 1. The number of aryl methyl sites for hydroxylation is 2. The molecular formula is C46H58Cl4N10O5. The van der Waals surface area contributed by atoms with Crippen LogP contribution >= 0.6 is 36.4 Å². The van der Waals surface area contributed by atoms with Gasteiger partial charge in [0.15, 0.2) is 35.7 Å². The number of quaternary nitrogens is 1. The van der Waals surface area contributed by atoms with Gasteiger partial charge in [0.1, 0.15) is 11.5 Å². The Bertz CT molecular complexity index is 2100. The van der Waals surface area contributed by atoms with E-state index in [1.165, 1.54) is 11.1 Å². The molecule has 1 aliphatic rings. The molecule has 19 heteroatoms. The Morgan fingerprint density at radius 2 is 1.20 bits per heavy atom. The number of ether oxygens (including phenoxy) is 2. The van der Waals surface area contributed by atoms with E-state index in [0.717, 1.165) is 80.6 Å². The summed E-state index contributed by atoms with van der Waals surface area (Å²) >= 11 is 6.09. The monoisotopic (exact) mass is 970 g/mol. The predicted molar refractivity (Wildman–Crippen MR) is 253 cm³/mol. The van der Waals surface area contributed by atoms with Gasteiger partial charge in [-0.15, -0.1) is 24.8 Å². The summed E-state index contributed by atoms with van der Waals surface area (Å²) in [5.74, 6) is 0.405. The van der Waals surface area contributed by atoms with Crippen LogP contribution in [0.3, 0.4) is 0 Å². The highest BCUT2D eigenvalue weighted by atomic mass is 35.5. The summed E-state index contributed by atoms with van der Waals surface area (Å²) in [5.41, 5.74) is 15.9. The number of nitrogens with two attached hydrogens (primary N) is 2. The van der Waals surface area contributed by atoms with E-state index < -0.39 is 5.91 Å². The molecular weight excluding hydrogens is 914 g/mol. The Kier molecular flexibility index (Phi) is 23.0. The molecule has 4 heterocycles. The van der Waals surface area contributed by atoms with Gasteiger partial charge in [-0.25, -0.2) is 9.97 Å². The highest BCUT2D eigenvalue weighted by molar-refractivity contribution is 6.31. The van der Waals surface area contributed by atoms with Crippen LogP contribution in [0.1, 0.15) is 58.7 Å². The Morgan fingerprint density at radius 1 is 0.692 bits per heavy atom. The minimum atomic E-state index is -0.421. The SMILES string of the molecule is Cl.Cl.Nc1nc(N)c(C(=O)N[C@H]2CCC[N+](CCCc3ccc(OCC(=O)NCCc4ccccn4)cc3)(CCCc3ccc(OCC(=O)NCCc4ccccn4)cc3)C2)nc1Cl.[Cl-]. The van der Waals surface area contributed by atoms with Crippen LogP contribution in [0.5, 0.6) is 11.5 Å². The molecule has 7 N–H and O–H groups in total. The first kappa shape index (κ1) is 53.9. The van der Waals surface area contributed by atoms with Crippen molar-refractivity contribution in [3.05, 3.63) is 131 Å². The lowest BCUT2D eigenvalue weighted by Crippen LogP contribution is -3.00. The summed E-state index contributed by atoms with van der Waals surface area (Å²) in [6.45, 7) is 4.47. The van der Waals surface area contributed by atoms with Gasteiger partial charge < -0.3 is 53.8 Å². The molecule has 5 aromatic rings. The highest BCUT2D eigenvalue weighted by Gasteiger charge is 2.35. The third-order valence-corrected chi connectivity index (χ3v) is 11.2. The first-order chi connectivity index (χ1) is 30.1. The molecule has 3 amide bonds. The Labute approximate surface area is 404 Å². The summed E-state index contributed by atoms with van der Waals surface area (Å²) in [6, 6.07) is 27.2. The van der Waals surface area contributed by atoms with Crippen LogP contribution in [0.25, 0.3) is 0 Å². The maximum Gasteiger partial charge on any atom is 0.274 e. The third-order valence-electron chi connectivity index (χ3n) is 10.9. The predicted octanol–water partition coefficient (Wildman–Crippen LogP) is 2.38. The Balaban J connectivity index is 0.00000374. The number of benzene rings is 2. The average Bonchev–Trinajstić information content (AvgIpc) is 3.28. The van der Waals surface area contributed by atoms with Crippen molar-refractivity contribution in [3.63, 3.8) is 0 Å². The average molecular weight is 973 g/mol. The fraction of sp³-hybridized carbons (Fsp3) is 0.370. The molecule has 350 valence electrons. The van der Waals surface area contributed by atoms with Crippen molar-refractivity contribution in [2.24, 2.45) is 0 Å². The lowest BCUT2D eigenvalue weighted by Gasteiger charge is -2.45. The van der Waals surface area contributed by atoms with Gasteiger partial charge in [0.2, 0.25) is 0 Å². The van der Waals surface area contributed by atoms with Crippen molar-refractivity contribution in [3.8, 4) is 11.5 Å². The first-order valence-corrected chi connectivity index (χ1v) is 21.5. The number of nitrogen functional groups attached to an aromatic ring is 2. The minimum absolute atomic E-state index is 0. The van der Waals surface area contributed by atoms with Crippen molar-refractivity contribution >= 4 is 65.8 Å². The van der Waals surface area contributed by atoms with Gasteiger partial charge in [0.25, 0.3) is 17.7 Å². The normalized spacial score (nSPS) is 13.7. The van der Waals surface area contributed by atoms with E-state index in [4.69, 9.17) is 32.5 Å². The number of carbonyl (C=O) groups is 3. The van der Waals surface area contributed by atoms with Gasteiger partial charge in [-0.1, -0.05) is 48.0 Å². The second kappa shape index (κ2) is 27.8. The number of halogens is 4. The van der Waals surface area contributed by atoms with Gasteiger partial charge in [-0.2, -0.15) is 0 Å². The number of pyridine rings is 2. The molecule has 1 aliphatic heterocycles. The van der Waals surface area contributed by atoms with Crippen molar-refractivity contribution < 1.29 is 40.7 Å². The maximum absolute atomic E-state index is 13.4. The van der Waals surface area contributed by atoms with Crippen LogP contribution in [-0.2, 0) is 35.3 Å². The molecule has 0 bridgehead atoms. The van der Waals surface area contributed by atoms with Crippen LogP contribution in [0.15, 0.2) is 97.3 Å². The van der Waals surface area contributed by atoms with Crippen LogP contribution in [0.2, 0.25) is 5.15 Å². The number of carbonyl (C=O) groups excluding carboxylic acids is 3. The molecule has 65 heavy (non-hydrogen) atoms. The number of likely N-dealkylation sites (tertiary alicyclic amines) is 1. The molecule has 3 aromatic heterocycles. The molecule has 6 rings (SSSR count). The number of hydrogen-bond donors (Lipinski definition) is 5. The molecule has 1 saturated heterocycles. The molecule has 15 nitrogen and oxygen atoms in total. The van der Waals surface area contributed by atoms with Crippen LogP contribution in [-0.4, -0.2) is 101 Å². The van der Waals surface area contributed by atoms with Gasteiger partial charge in [-0.3, -0.25) is 24.4 Å². The van der Waals surface area contributed by atoms with E-state index in [0.29, 0.717) is 37.4 Å². The summed E-state index contributed by atoms with van der Waals surface area (Å²) in [7, 11) is 0. The zero-order chi connectivity index (χ0) is 43.6. The summed E-state index contributed by atoms with van der Waals surface area (Å²) in [4.78, 5) is 54.7. The number of hydrogen-bond acceptors (Lipinski definition) is 11. The van der Waals surface area contributed by atoms with Crippen molar-refractivity contribution in [2.75, 3.05) is 63.9 Å². The van der Waals surface area contributed by atoms with E-state index in [-0.39, 0.29) is 90.8 Å². The molecule has 1 fully saturated rings. The molecule has 0 saturated carbocycles. The van der Waals surface area contributed by atoms with E-state index in [1.54, 1.807) is 12.4 Å². The number of rotatable bonds is 22. The van der Waals surface area contributed by atoms with Gasteiger partial charge in [-0.05, 0) is 85.3 Å². The van der Waals surface area contributed by atoms with Crippen molar-refractivity contribution in [1.29, 1.82) is 0 Å². The maximum atomic E-state index is 13.4. The number of aromatic nitrogens is 4. The fourth-order valence-corrected chi connectivity index (χ4v) is 7.84. The van der Waals surface area contributed by atoms with Crippen LogP contribution in [0.4, 0.5) is 11.6 Å². The molecule has 0 spiro atoms. The molecule has 0 radical (unpaired) electrons. The number of amides is 3. The first-order valence-electron chi connectivity index (χ1n) is 21.1. The minimum Gasteiger partial charge on any atom is -1.00 e. The van der Waals surface area contributed by atoms with E-state index in [9.17, 15) is 14.4 Å². The standard InChI is InChI=1S/C46H55ClN10O5.3ClH/c47-43-45(49)56-44(48)42(55-43)46(60)54-37-12-7-29-57(30-37,27-5-8-33-13-17-38(18-14-33)61-31-40(58)52-25-21-35-10-1-3-23-50-35)28-6-9-34-15-19-39(20-16-34)62-32-41(59)53-26-22-36-11-2-4-24-51-36;;;/h1-4,10-11,13-20,23-24,37H,5-9,12,21-22,25-32H2,(H6-,48,49,52,53,54,56,58,59,60);3*1H/t37-;;;/m0.../s1. The quantitative estimate of drug-likeness (QED) is 0.0637. The molecule has 1 atom stereocenters. The summed E-state index contributed by atoms with van der Waals surface area (Å²) in [6.07, 6.45) is 10.2. The highest BCUT2D eigenvalue weighted by Crippen LogP contribution is 2.25. The largest absolute Gasteiger partial charge is 1.00 e. The van der Waals surface area contributed by atoms with E-state index >= 15 is 0 Å². The lowest BCUT2D eigenvalue weighted by molar-refractivity contribution is -0.933. The zero-order valence-corrected chi connectivity index (χ0v) is 39.3. The van der Waals surface area contributed by atoms with Crippen molar-refractivity contribution in [2.45, 2.75) is 57.4 Å². The number of nitrogens with one attached hydrogen (secondary N) is 3. The topological polar surface area (TPSA) is 209 Å². The van der Waals surface area contributed by atoms with Gasteiger partial charge >= 0.3 is 0 Å². The summed E-state index contributed by atoms with van der Waals surface area (Å²) in [5, 5.41) is 8.85. The van der Waals surface area contributed by atoms with Crippen LogP contribution < -0.4 is 49.3 Å². The van der Waals surface area contributed by atoms with Gasteiger partial charge in [0.05, 0.1) is 32.2 Å². The molecule has 0 aliphatic carbocycles. The lowest BCUT2D eigenvalue weighted by atomic mass is 9.99. The second-order valence-electron chi connectivity index (χ2n) is 15.6. The van der Waals surface area contributed by atoms with E-state index in [1.807, 2.05) is 84.9 Å². The second-order valence-corrected chi connectivity index (χ2v) is 15.9. The fourth-order valence-electron chi connectivity index (χ4n) is 7.72. The van der Waals surface area contributed by atoms with Crippen molar-refractivity contribution in [1.82, 2.24) is 35.9 Å². The number of anilines is 2. The number of nitrogens with zero attached hydrogens (tertiary/aromatic N) is 5. The zero-order valence-electron chi connectivity index (χ0n) is 36.1. The molecule has 0 unspecified atom stereocenters. The Morgan fingerprint density at radius 3 is 1.68 bits per heavy atom. The van der Waals surface area contributed by atoms with Crippen LogP contribution in [0, 0.1) is 0 Å². The molecule has 2 aromatic carbocycles. The van der Waals surface area contributed by atoms with Gasteiger partial charge in [0, 0.05) is 62.6 Å². The Hall–Kier alpha value is -5.45. The van der Waals surface area contributed by atoms with E-state index in [2.05, 4.69) is 35.9 Å². The third kappa shape index (κ3) is 17.8.